The van der Waals surface area contributed by atoms with Crippen molar-refractivity contribution in [1.82, 2.24) is 0 Å². The first-order valence-electron chi connectivity index (χ1n) is 24.6. The summed E-state index contributed by atoms with van der Waals surface area (Å²) < 4.78 is 79.5. The van der Waals surface area contributed by atoms with Gasteiger partial charge in [-0.3, -0.25) is 0 Å². The summed E-state index contributed by atoms with van der Waals surface area (Å²) in [5.41, 5.74) is 0. The third-order valence-corrected chi connectivity index (χ3v) is 14.8. The van der Waals surface area contributed by atoms with Crippen molar-refractivity contribution >= 4 is 0 Å². The molecule has 0 radical (unpaired) electrons. The van der Waals surface area contributed by atoms with E-state index in [2.05, 4.69) is 0 Å². The lowest BCUT2D eigenvalue weighted by molar-refractivity contribution is -0.396. The van der Waals surface area contributed by atoms with Gasteiger partial charge in [-0.1, -0.05) is 0 Å². The van der Waals surface area contributed by atoms with Gasteiger partial charge >= 0.3 is 0 Å². The average Bonchev–Trinajstić information content (AvgIpc) is 3.45. The van der Waals surface area contributed by atoms with Crippen LogP contribution in [-0.2, 0) is 66.3 Å². The average molecular weight is 1130 g/mol. The molecular weight excluding hydrogens is 1060 g/mol. The molecule has 14 bridgehead atoms. The standard InChI is InChI=1S/C42H70O35/c43-1-8-29-15(50)22(57)36(64-8)72-30-9(2-44)66-38(24(59)17(30)52)74-32-11(4-46)68-40(26(61)19(32)54)76-34-13(6-48)70-42(28(63)21(34)56)77-35-14(7-49)69-41(27(62)20(35)55)75-33-12(5-47)67-39(25(60)18(33)53)73-31-10(3-45)65-37(71-29)23(58)16(31)51/h8-63H,1-7H2/t8-,9-,10-,11-,12-,13-,14-,15-,16-,17-,18-,19-,20-,21-,22-,23-,24-,25-,26-,27-,28?,29-,30-,31-,32-,33-,34-,35-,36-,37-,38-,39-,40-,41-,42-/m1/s1. The molecule has 0 aromatic rings. The molecular formula is C42H70O35. The zero-order chi connectivity index (χ0) is 56.1. The lowest BCUT2D eigenvalue weighted by Gasteiger charge is -2.50. The Morgan fingerprint density at radius 2 is 0.260 bits per heavy atom. The molecule has 35 heteroatoms. The van der Waals surface area contributed by atoms with Crippen LogP contribution in [0.1, 0.15) is 0 Å². The van der Waals surface area contributed by atoms with E-state index in [1.165, 1.54) is 0 Å². The minimum absolute atomic E-state index is 1.05. The van der Waals surface area contributed by atoms with Crippen LogP contribution in [-0.4, -0.2) is 368 Å². The largest absolute Gasteiger partial charge is 0.394 e. The van der Waals surface area contributed by atoms with Crippen molar-refractivity contribution in [3.8, 4) is 0 Å². The van der Waals surface area contributed by atoms with Crippen LogP contribution in [0.3, 0.4) is 0 Å². The molecule has 77 heavy (non-hydrogen) atoms. The van der Waals surface area contributed by atoms with Crippen LogP contribution in [0.5, 0.6) is 0 Å². The molecule has 0 aromatic carbocycles. The van der Waals surface area contributed by atoms with Gasteiger partial charge in [0.1, 0.15) is 171 Å². The summed E-state index contributed by atoms with van der Waals surface area (Å²) >= 11 is 0. The molecule has 21 aliphatic rings. The Morgan fingerprint density at radius 3 is 0.351 bits per heavy atom. The fraction of sp³-hybridized carbons (Fsp3) is 1.00. The van der Waals surface area contributed by atoms with Crippen LogP contribution in [0.25, 0.3) is 0 Å². The van der Waals surface area contributed by atoms with E-state index in [0.717, 1.165) is 0 Å². The highest BCUT2D eigenvalue weighted by Crippen LogP contribution is 2.39. The van der Waals surface area contributed by atoms with E-state index in [-0.39, 0.29) is 0 Å². The predicted molar refractivity (Wildman–Crippen MR) is 228 cm³/mol. The first kappa shape index (κ1) is 61.7. The fourth-order valence-corrected chi connectivity index (χ4v) is 10.4. The van der Waals surface area contributed by atoms with Crippen molar-refractivity contribution in [2.45, 2.75) is 215 Å². The Kier molecular flexibility index (Phi) is 20.8. The van der Waals surface area contributed by atoms with E-state index in [9.17, 15) is 107 Å². The second-order valence-electron chi connectivity index (χ2n) is 19.7. The van der Waals surface area contributed by atoms with Crippen LogP contribution in [0, 0.1) is 0 Å². The quantitative estimate of drug-likeness (QED) is 0.113. The third kappa shape index (κ3) is 12.1. The molecule has 35 atom stereocenters. The van der Waals surface area contributed by atoms with Gasteiger partial charge in [-0.25, -0.2) is 0 Å². The second-order valence-corrected chi connectivity index (χ2v) is 19.7. The van der Waals surface area contributed by atoms with E-state index >= 15 is 0 Å². The number of ether oxygens (including phenoxy) is 14. The van der Waals surface area contributed by atoms with E-state index in [0.29, 0.717) is 0 Å². The maximum absolute atomic E-state index is 11.3. The van der Waals surface area contributed by atoms with Crippen LogP contribution in [0.15, 0.2) is 0 Å². The Hall–Kier alpha value is -1.40. The van der Waals surface area contributed by atoms with Crippen molar-refractivity contribution in [3.05, 3.63) is 0 Å². The highest BCUT2D eigenvalue weighted by Gasteiger charge is 2.59. The van der Waals surface area contributed by atoms with Crippen LogP contribution < -0.4 is 0 Å². The zero-order valence-corrected chi connectivity index (χ0v) is 40.3. The van der Waals surface area contributed by atoms with Crippen molar-refractivity contribution < 1.29 is 174 Å². The molecule has 0 aromatic heterocycles. The molecule has 21 aliphatic heterocycles. The molecule has 21 rings (SSSR count). The number of rotatable bonds is 7. The molecule has 21 saturated heterocycles. The molecule has 35 nitrogen and oxygen atoms in total. The van der Waals surface area contributed by atoms with E-state index in [1.54, 1.807) is 0 Å². The number of hydrogen-bond acceptors (Lipinski definition) is 35. The monoisotopic (exact) mass is 1130 g/mol. The van der Waals surface area contributed by atoms with Crippen LogP contribution in [0.4, 0.5) is 0 Å². The van der Waals surface area contributed by atoms with Gasteiger partial charge in [-0.2, -0.15) is 0 Å². The summed E-state index contributed by atoms with van der Waals surface area (Å²) in [4.78, 5) is 0. The SMILES string of the molecule is OC[C@H]1O[C@@H]2O[C@H]3[C@H](O)[C@@H](O)[C@@H](O[C@H]4[C@H](O)[C@@H](O)[C@@H](O[C@H]5[C@H](O)[C@@H](O)[C@@H](O[C@H]6[C@H](O)[C@@H](O)[C@@H](O[C@H]7[C@H](O)[C@@H](O)[C@@H](O[C@H]8[C@H](O)C(O)[C@@H](O[C@H]1[C@H](O)[C@H]2O)O[C@@H]8CO)O[C@@H]7CO)O[C@@H]6CO)O[C@@H]5CO)O[C@@H]4CO)O[C@@H]3CO. The maximum atomic E-state index is 11.3. The second kappa shape index (κ2) is 26.0. The van der Waals surface area contributed by atoms with Crippen molar-refractivity contribution in [2.24, 2.45) is 0 Å². The molecule has 1 unspecified atom stereocenters. The maximum Gasteiger partial charge on any atom is 0.187 e. The molecule has 448 valence electrons. The summed E-state index contributed by atoms with van der Waals surface area (Å²) in [5.74, 6) is 0. The topological polar surface area (TPSA) is 554 Å². The van der Waals surface area contributed by atoms with Crippen LogP contribution >= 0.6 is 0 Å². The van der Waals surface area contributed by atoms with Gasteiger partial charge in [-0.15, -0.1) is 0 Å². The van der Waals surface area contributed by atoms with Crippen molar-refractivity contribution in [2.75, 3.05) is 46.2 Å². The fourth-order valence-electron chi connectivity index (χ4n) is 10.4. The first-order valence-corrected chi connectivity index (χ1v) is 24.6. The predicted octanol–water partition coefficient (Wildman–Crippen LogP) is -15.2. The van der Waals surface area contributed by atoms with Gasteiger partial charge < -0.3 is 174 Å². The molecule has 0 amide bonds. The summed E-state index contributed by atoms with van der Waals surface area (Å²) in [5, 5.41) is 230. The molecule has 0 saturated carbocycles. The summed E-state index contributed by atoms with van der Waals surface area (Å²) in [7, 11) is 0. The number of aliphatic hydroxyl groups excluding tert-OH is 21. The molecule has 21 fully saturated rings. The first-order chi connectivity index (χ1) is 36.7. The summed E-state index contributed by atoms with van der Waals surface area (Å²) in [6.07, 6.45) is -70.2. The zero-order valence-electron chi connectivity index (χ0n) is 40.3. The van der Waals surface area contributed by atoms with E-state index in [4.69, 9.17) is 66.3 Å². The van der Waals surface area contributed by atoms with Gasteiger partial charge in [0.15, 0.2) is 44.0 Å². The molecule has 21 heterocycles. The van der Waals surface area contributed by atoms with Gasteiger partial charge in [0, 0.05) is 0 Å². The smallest absolute Gasteiger partial charge is 0.187 e. The van der Waals surface area contributed by atoms with Crippen LogP contribution in [0.2, 0.25) is 0 Å². The number of hydrogen-bond donors (Lipinski definition) is 21. The lowest BCUT2D eigenvalue weighted by Crippen LogP contribution is -2.68. The Labute approximate surface area is 434 Å². The minimum Gasteiger partial charge on any atom is -0.394 e. The van der Waals surface area contributed by atoms with Crippen molar-refractivity contribution in [1.29, 1.82) is 0 Å². The highest BCUT2D eigenvalue weighted by molar-refractivity contribution is 5.01. The summed E-state index contributed by atoms with van der Waals surface area (Å²) in [6.45, 7) is -7.33. The van der Waals surface area contributed by atoms with Gasteiger partial charge in [-0.05, 0) is 0 Å². The summed E-state index contributed by atoms with van der Waals surface area (Å²) in [6, 6.07) is 0. The highest BCUT2D eigenvalue weighted by atomic mass is 16.8. The third-order valence-electron chi connectivity index (χ3n) is 14.8. The minimum atomic E-state index is -2.21. The van der Waals surface area contributed by atoms with Gasteiger partial charge in [0.25, 0.3) is 0 Å². The Bertz CT molecular complexity index is 1470. The number of aliphatic hydroxyl groups is 21. The van der Waals surface area contributed by atoms with Gasteiger partial charge in [0.2, 0.25) is 0 Å². The normalized spacial score (nSPS) is 55.4. The lowest BCUT2D eigenvalue weighted by atomic mass is 9.95. The van der Waals surface area contributed by atoms with Crippen molar-refractivity contribution in [3.63, 3.8) is 0 Å². The molecule has 0 spiro atoms. The Balaban J connectivity index is 1.08. The van der Waals surface area contributed by atoms with E-state index < -0.39 is 261 Å². The van der Waals surface area contributed by atoms with Gasteiger partial charge in [0.05, 0.1) is 46.2 Å². The Morgan fingerprint density at radius 1 is 0.156 bits per heavy atom. The van der Waals surface area contributed by atoms with E-state index in [1.807, 2.05) is 0 Å². The molecule has 21 N–H and O–H groups in total. The molecule has 0 aliphatic carbocycles.